The fourth-order valence-corrected chi connectivity index (χ4v) is 3.20. The molecule has 1 aliphatic heterocycles. The number of nitrogens with zero attached hydrogens (tertiary/aromatic N) is 1. The Balaban J connectivity index is 1.83. The highest BCUT2D eigenvalue weighted by molar-refractivity contribution is 5.98. The van der Waals surface area contributed by atoms with Gasteiger partial charge in [0, 0.05) is 31.1 Å². The Labute approximate surface area is 139 Å². The summed E-state index contributed by atoms with van der Waals surface area (Å²) in [4.78, 5) is 29.0. The van der Waals surface area contributed by atoms with Gasteiger partial charge in [0.25, 0.3) is 5.91 Å². The van der Waals surface area contributed by atoms with Crippen molar-refractivity contribution in [3.63, 3.8) is 0 Å². The van der Waals surface area contributed by atoms with E-state index >= 15 is 0 Å². The number of methoxy groups -OCH3 is 2. The molecule has 1 atom stereocenters. The molecule has 7 heteroatoms. The van der Waals surface area contributed by atoms with E-state index in [9.17, 15) is 14.7 Å². The molecule has 1 fully saturated rings. The first kappa shape index (κ1) is 16.3. The fraction of sp³-hybridized carbons (Fsp3) is 0.412. The summed E-state index contributed by atoms with van der Waals surface area (Å²) in [5, 5.41) is 10.4. The van der Waals surface area contributed by atoms with Crippen LogP contribution in [-0.4, -0.2) is 60.8 Å². The number of carbonyl (C=O) groups excluding carboxylic acids is 1. The van der Waals surface area contributed by atoms with Gasteiger partial charge in [-0.05, 0) is 30.7 Å². The number of H-pyrrole nitrogens is 1. The monoisotopic (exact) mass is 332 g/mol. The molecule has 0 radical (unpaired) electrons. The van der Waals surface area contributed by atoms with Crippen LogP contribution in [-0.2, 0) is 9.53 Å². The van der Waals surface area contributed by atoms with E-state index in [1.807, 2.05) is 18.2 Å². The van der Waals surface area contributed by atoms with Gasteiger partial charge in [0.05, 0.1) is 13.7 Å². The van der Waals surface area contributed by atoms with Crippen LogP contribution in [0.4, 0.5) is 0 Å². The van der Waals surface area contributed by atoms with Crippen molar-refractivity contribution in [3.05, 3.63) is 30.0 Å². The van der Waals surface area contributed by atoms with Crippen LogP contribution in [0, 0.1) is 5.41 Å². The zero-order valence-electron chi connectivity index (χ0n) is 13.7. The number of aromatic amines is 1. The number of fused-ring (bicyclic) bond motifs is 1. The van der Waals surface area contributed by atoms with Crippen LogP contribution in [0.25, 0.3) is 10.9 Å². The lowest BCUT2D eigenvalue weighted by atomic mass is 9.88. The molecule has 0 bridgehead atoms. The van der Waals surface area contributed by atoms with Crippen LogP contribution in [0.1, 0.15) is 16.9 Å². The fourth-order valence-electron chi connectivity index (χ4n) is 3.20. The van der Waals surface area contributed by atoms with Gasteiger partial charge in [-0.1, -0.05) is 0 Å². The molecule has 1 amide bonds. The Morgan fingerprint density at radius 2 is 2.12 bits per heavy atom. The minimum Gasteiger partial charge on any atom is -0.497 e. The van der Waals surface area contributed by atoms with Gasteiger partial charge in [0.2, 0.25) is 0 Å². The molecule has 24 heavy (non-hydrogen) atoms. The summed E-state index contributed by atoms with van der Waals surface area (Å²) in [6.45, 7) is 0.636. The molecule has 3 rings (SSSR count). The highest BCUT2D eigenvalue weighted by atomic mass is 16.5. The van der Waals surface area contributed by atoms with E-state index in [2.05, 4.69) is 4.98 Å². The second kappa shape index (κ2) is 6.16. The van der Waals surface area contributed by atoms with Gasteiger partial charge in [-0.3, -0.25) is 9.59 Å². The lowest BCUT2D eigenvalue weighted by Crippen LogP contribution is -2.40. The van der Waals surface area contributed by atoms with E-state index < -0.39 is 11.4 Å². The second-order valence-corrected chi connectivity index (χ2v) is 6.13. The average molecular weight is 332 g/mol. The Kier molecular flexibility index (Phi) is 4.19. The standard InChI is InChI=1S/C17H20N2O5/c1-23-10-17(16(21)22)5-6-19(9-17)15(20)14-8-11-7-12(24-2)3-4-13(11)18-14/h3-4,7-8,18H,5-6,9-10H2,1-2H3,(H,21,22)/t17-/m0/s1. The van der Waals surface area contributed by atoms with Crippen molar-refractivity contribution in [2.75, 3.05) is 33.9 Å². The first-order valence-electron chi connectivity index (χ1n) is 7.67. The highest BCUT2D eigenvalue weighted by Gasteiger charge is 2.46. The first-order chi connectivity index (χ1) is 11.5. The van der Waals surface area contributed by atoms with E-state index in [4.69, 9.17) is 9.47 Å². The lowest BCUT2D eigenvalue weighted by Gasteiger charge is -2.23. The lowest BCUT2D eigenvalue weighted by molar-refractivity contribution is -0.151. The van der Waals surface area contributed by atoms with Crippen LogP contribution in [0.3, 0.4) is 0 Å². The third-order valence-corrected chi connectivity index (χ3v) is 4.57. The minimum absolute atomic E-state index is 0.0933. The third kappa shape index (κ3) is 2.71. The summed E-state index contributed by atoms with van der Waals surface area (Å²) in [6.07, 6.45) is 0.385. The molecule has 2 heterocycles. The van der Waals surface area contributed by atoms with Gasteiger partial charge >= 0.3 is 5.97 Å². The minimum atomic E-state index is -1.03. The Morgan fingerprint density at radius 1 is 1.33 bits per heavy atom. The number of carboxylic acid groups (broad SMARTS) is 1. The second-order valence-electron chi connectivity index (χ2n) is 6.13. The van der Waals surface area contributed by atoms with E-state index in [1.54, 1.807) is 18.1 Å². The van der Waals surface area contributed by atoms with Gasteiger partial charge < -0.3 is 24.5 Å². The molecule has 0 aliphatic carbocycles. The van der Waals surface area contributed by atoms with Crippen LogP contribution in [0.5, 0.6) is 5.75 Å². The quantitative estimate of drug-likeness (QED) is 0.870. The number of carbonyl (C=O) groups is 2. The molecule has 1 saturated heterocycles. The number of rotatable bonds is 5. The summed E-state index contributed by atoms with van der Waals surface area (Å²) >= 11 is 0. The topological polar surface area (TPSA) is 91.9 Å². The molecule has 2 aromatic rings. The third-order valence-electron chi connectivity index (χ3n) is 4.57. The number of hydrogen-bond acceptors (Lipinski definition) is 4. The number of aliphatic carboxylic acids is 1. The molecule has 1 aromatic heterocycles. The van der Waals surface area contributed by atoms with Gasteiger partial charge in [0.15, 0.2) is 0 Å². The first-order valence-corrected chi connectivity index (χ1v) is 7.67. The summed E-state index contributed by atoms with van der Waals surface area (Å²) in [6, 6.07) is 7.27. The molecule has 2 N–H and O–H groups in total. The summed E-state index contributed by atoms with van der Waals surface area (Å²) in [7, 11) is 3.06. The Hall–Kier alpha value is -2.54. The molecule has 1 aromatic carbocycles. The number of likely N-dealkylation sites (tertiary alicyclic amines) is 1. The van der Waals surface area contributed by atoms with Crippen molar-refractivity contribution in [3.8, 4) is 5.75 Å². The number of amides is 1. The van der Waals surface area contributed by atoms with E-state index in [1.165, 1.54) is 7.11 Å². The average Bonchev–Trinajstić information content (AvgIpc) is 3.18. The van der Waals surface area contributed by atoms with Crippen molar-refractivity contribution >= 4 is 22.8 Å². The summed E-state index contributed by atoms with van der Waals surface area (Å²) in [5.74, 6) is -0.419. The predicted molar refractivity (Wildman–Crippen MR) is 87.3 cm³/mol. The smallest absolute Gasteiger partial charge is 0.313 e. The maximum absolute atomic E-state index is 12.7. The maximum atomic E-state index is 12.7. The molecule has 128 valence electrons. The Morgan fingerprint density at radius 3 is 2.79 bits per heavy atom. The highest BCUT2D eigenvalue weighted by Crippen LogP contribution is 2.32. The van der Waals surface area contributed by atoms with Crippen molar-refractivity contribution < 1.29 is 24.2 Å². The van der Waals surface area contributed by atoms with Gasteiger partial charge in [-0.25, -0.2) is 0 Å². The SMILES string of the molecule is COC[C@]1(C(=O)O)CCN(C(=O)c2cc3cc(OC)ccc3[nH]2)C1. The number of benzene rings is 1. The summed E-state index contributed by atoms with van der Waals surface area (Å²) in [5.41, 5.74) is 0.246. The molecule has 7 nitrogen and oxygen atoms in total. The normalized spacial score (nSPS) is 20.5. The van der Waals surface area contributed by atoms with Crippen molar-refractivity contribution in [2.45, 2.75) is 6.42 Å². The number of aromatic nitrogens is 1. The van der Waals surface area contributed by atoms with E-state index in [0.29, 0.717) is 24.4 Å². The molecular weight excluding hydrogens is 312 g/mol. The van der Waals surface area contributed by atoms with Gasteiger partial charge in [-0.15, -0.1) is 0 Å². The maximum Gasteiger partial charge on any atom is 0.313 e. The summed E-state index contributed by atoms with van der Waals surface area (Å²) < 4.78 is 10.2. The number of hydrogen-bond donors (Lipinski definition) is 2. The number of carboxylic acids is 1. The van der Waals surface area contributed by atoms with Crippen LogP contribution < -0.4 is 4.74 Å². The molecule has 0 saturated carbocycles. The van der Waals surface area contributed by atoms with Gasteiger partial charge in [0.1, 0.15) is 16.9 Å². The molecular formula is C17H20N2O5. The predicted octanol–water partition coefficient (Wildman–Crippen LogP) is 1.74. The molecule has 0 unspecified atom stereocenters. The van der Waals surface area contributed by atoms with Crippen LogP contribution >= 0.6 is 0 Å². The van der Waals surface area contributed by atoms with Crippen molar-refractivity contribution in [2.24, 2.45) is 5.41 Å². The Bertz CT molecular complexity index is 784. The number of nitrogens with one attached hydrogen (secondary N) is 1. The van der Waals surface area contributed by atoms with Gasteiger partial charge in [-0.2, -0.15) is 0 Å². The van der Waals surface area contributed by atoms with Crippen molar-refractivity contribution in [1.29, 1.82) is 0 Å². The zero-order valence-corrected chi connectivity index (χ0v) is 13.7. The molecule has 1 aliphatic rings. The van der Waals surface area contributed by atoms with Crippen molar-refractivity contribution in [1.82, 2.24) is 9.88 Å². The zero-order chi connectivity index (χ0) is 17.3. The number of ether oxygens (including phenoxy) is 2. The van der Waals surface area contributed by atoms with Crippen LogP contribution in [0.15, 0.2) is 24.3 Å². The van der Waals surface area contributed by atoms with Crippen LogP contribution in [0.2, 0.25) is 0 Å². The molecule has 0 spiro atoms. The van der Waals surface area contributed by atoms with E-state index in [-0.39, 0.29) is 19.1 Å². The largest absolute Gasteiger partial charge is 0.497 e. The van der Waals surface area contributed by atoms with E-state index in [0.717, 1.165) is 10.9 Å².